The van der Waals surface area contributed by atoms with Crippen LogP contribution in [0.1, 0.15) is 0 Å². The van der Waals surface area contributed by atoms with E-state index in [0.717, 1.165) is 42.5 Å². The molecule has 24 nitrogen and oxygen atoms in total. The Balaban J connectivity index is 1.65. The lowest BCUT2D eigenvalue weighted by Crippen LogP contribution is -2.12. The minimum Gasteiger partial charge on any atom is -0.505 e. The summed E-state index contributed by atoms with van der Waals surface area (Å²) in [5, 5.41) is 58.2. The SMILES string of the molecule is O=S(=O)(O)c1cc(S(=O)(=O)CCOSOOO)ccc1N=Nc1cc(N=Nc2ccc3cc(S(=O)(=O)CCOSOOO)ccc3c2S(=O)(=O)O)c(O)cc1O. The molecule has 0 heterocycles. The number of hydrogen-bond acceptors (Lipinski definition) is 24. The fourth-order valence-corrected chi connectivity index (χ4v) is 8.81. The zero-order chi connectivity index (χ0) is 41.3. The molecule has 0 spiro atoms. The topological polar surface area (TPSA) is 363 Å². The number of azo groups is 2. The zero-order valence-electron chi connectivity index (χ0n) is 27.2. The summed E-state index contributed by atoms with van der Waals surface area (Å²) in [5.41, 5.74) is -2.08. The van der Waals surface area contributed by atoms with Crippen molar-refractivity contribution in [1.29, 1.82) is 0 Å². The summed E-state index contributed by atoms with van der Waals surface area (Å²) in [5.74, 6) is -2.77. The van der Waals surface area contributed by atoms with Crippen molar-refractivity contribution in [1.82, 2.24) is 0 Å². The summed E-state index contributed by atoms with van der Waals surface area (Å²) in [6.07, 6.45) is 0. The van der Waals surface area contributed by atoms with Crippen molar-refractivity contribution in [2.45, 2.75) is 19.6 Å². The van der Waals surface area contributed by atoms with Crippen LogP contribution in [0.4, 0.5) is 22.7 Å². The van der Waals surface area contributed by atoms with Crippen LogP contribution in [-0.4, -0.2) is 88.2 Å². The van der Waals surface area contributed by atoms with Gasteiger partial charge in [0.15, 0.2) is 44.3 Å². The Morgan fingerprint density at radius 1 is 0.554 bits per heavy atom. The van der Waals surface area contributed by atoms with E-state index >= 15 is 0 Å². The number of sulfone groups is 2. The Morgan fingerprint density at radius 3 is 1.55 bits per heavy atom. The number of hydrogen-bond donors (Lipinski definition) is 6. The summed E-state index contributed by atoms with van der Waals surface area (Å²) in [6.45, 7) is -0.913. The number of rotatable bonds is 20. The van der Waals surface area contributed by atoms with Crippen LogP contribution < -0.4 is 0 Å². The van der Waals surface area contributed by atoms with Crippen molar-refractivity contribution in [2.75, 3.05) is 24.7 Å². The van der Waals surface area contributed by atoms with Gasteiger partial charge in [0, 0.05) is 17.5 Å². The molecule has 304 valence electrons. The first-order valence-electron chi connectivity index (χ1n) is 14.3. The lowest BCUT2D eigenvalue weighted by Gasteiger charge is -2.10. The Labute approximate surface area is 324 Å². The van der Waals surface area contributed by atoms with Crippen LogP contribution in [-0.2, 0) is 67.0 Å². The van der Waals surface area contributed by atoms with Gasteiger partial charge in [-0.3, -0.25) is 17.5 Å². The Morgan fingerprint density at radius 2 is 1.04 bits per heavy atom. The molecule has 30 heteroatoms. The molecule has 0 bridgehead atoms. The van der Waals surface area contributed by atoms with Gasteiger partial charge in [0.2, 0.25) is 0 Å². The molecule has 0 saturated carbocycles. The second-order valence-corrected chi connectivity index (χ2v) is 18.3. The van der Waals surface area contributed by atoms with Gasteiger partial charge in [-0.25, -0.2) is 27.4 Å². The monoisotopic (exact) mass is 904 g/mol. The molecule has 0 saturated heterocycles. The van der Waals surface area contributed by atoms with Crippen molar-refractivity contribution in [2.24, 2.45) is 20.5 Å². The van der Waals surface area contributed by atoms with E-state index < -0.39 is 114 Å². The standard InChI is InChI=1S/C26H24N4O20S6/c31-23-14-24(32)22(13-21(23)29-27-19-6-3-17(12-25(19)55(39,40)41)54(37,38)10-8-46-52-50-48-34)30-28-20-5-1-15-11-16(2-4-18(15)26(20)56(42,43)44)53(35,36)9-7-45-51-49-47-33/h1-6,11-14,31-34H,7-10H2,(H,39,40,41)(H,42,43,44). The second-order valence-electron chi connectivity index (χ2n) is 10.3. The van der Waals surface area contributed by atoms with Crippen LogP contribution in [0.3, 0.4) is 0 Å². The molecule has 0 aliphatic carbocycles. The minimum absolute atomic E-state index is 0.0306. The number of fused-ring (bicyclic) bond motifs is 1. The molecule has 0 amide bonds. The number of benzene rings is 4. The summed E-state index contributed by atoms with van der Waals surface area (Å²) in [6, 6.07) is 9.52. The number of nitrogens with zero attached hydrogens (tertiary/aromatic N) is 4. The van der Waals surface area contributed by atoms with Crippen LogP contribution in [0.25, 0.3) is 10.8 Å². The van der Waals surface area contributed by atoms with Crippen LogP contribution in [0, 0.1) is 0 Å². The minimum atomic E-state index is -5.14. The molecule has 4 aromatic rings. The molecule has 0 fully saturated rings. The highest BCUT2D eigenvalue weighted by molar-refractivity contribution is 7.92. The molecule has 0 aromatic heterocycles. The van der Waals surface area contributed by atoms with Gasteiger partial charge in [-0.15, -0.1) is 29.1 Å². The van der Waals surface area contributed by atoms with Crippen molar-refractivity contribution < 1.29 is 90.6 Å². The van der Waals surface area contributed by atoms with Crippen molar-refractivity contribution in [3.8, 4) is 11.5 Å². The maximum absolute atomic E-state index is 12.7. The van der Waals surface area contributed by atoms with Crippen molar-refractivity contribution in [3.63, 3.8) is 0 Å². The number of phenols is 2. The third kappa shape index (κ3) is 11.8. The normalized spacial score (nSPS) is 13.0. The molecule has 0 aliphatic rings. The maximum Gasteiger partial charge on any atom is 0.297 e. The smallest absolute Gasteiger partial charge is 0.297 e. The predicted octanol–water partition coefficient (Wildman–Crippen LogP) is 5.12. The van der Waals surface area contributed by atoms with E-state index in [1.807, 2.05) is 0 Å². The van der Waals surface area contributed by atoms with Gasteiger partial charge < -0.3 is 10.2 Å². The molecule has 6 N–H and O–H groups in total. The van der Waals surface area contributed by atoms with Gasteiger partial charge in [0.25, 0.3) is 20.2 Å². The largest absolute Gasteiger partial charge is 0.505 e. The first-order chi connectivity index (χ1) is 26.3. The summed E-state index contributed by atoms with van der Waals surface area (Å²) in [7, 11) is -18.4. The van der Waals surface area contributed by atoms with Crippen LogP contribution >= 0.6 is 24.6 Å². The highest BCUT2D eigenvalue weighted by Crippen LogP contribution is 2.41. The van der Waals surface area contributed by atoms with E-state index in [9.17, 15) is 53.0 Å². The molecule has 4 aromatic carbocycles. The average molecular weight is 905 g/mol. The zero-order valence-corrected chi connectivity index (χ0v) is 32.1. The Hall–Kier alpha value is -3.96. The predicted molar refractivity (Wildman–Crippen MR) is 189 cm³/mol. The van der Waals surface area contributed by atoms with Gasteiger partial charge in [0.1, 0.15) is 44.0 Å². The summed E-state index contributed by atoms with van der Waals surface area (Å²) in [4.78, 5) is -2.66. The van der Waals surface area contributed by atoms with E-state index in [4.69, 9.17) is 14.7 Å². The molecule has 4 rings (SSSR count). The van der Waals surface area contributed by atoms with E-state index in [1.54, 1.807) is 0 Å². The molecule has 0 unspecified atom stereocenters. The average Bonchev–Trinajstić information content (AvgIpc) is 3.12. The molecular formula is C26H24N4O20S6. The number of phenolic OH excluding ortho intramolecular Hbond substituents is 2. The molecule has 56 heavy (non-hydrogen) atoms. The molecule has 0 atom stereocenters. The Bertz CT molecular complexity index is 2590. The van der Waals surface area contributed by atoms with Gasteiger partial charge in [-0.05, 0) is 41.8 Å². The first kappa shape index (κ1) is 44.8. The van der Waals surface area contributed by atoms with Crippen molar-refractivity contribution in [3.05, 3.63) is 60.7 Å². The highest BCUT2D eigenvalue weighted by atomic mass is 32.2. The molecule has 0 aliphatic heterocycles. The second kappa shape index (κ2) is 19.0. The summed E-state index contributed by atoms with van der Waals surface area (Å²) < 4.78 is 137. The highest BCUT2D eigenvalue weighted by Gasteiger charge is 2.24. The quantitative estimate of drug-likeness (QED) is 0.0167. The number of aromatic hydroxyl groups is 2. The van der Waals surface area contributed by atoms with Gasteiger partial charge in [-0.1, -0.05) is 22.2 Å². The van der Waals surface area contributed by atoms with Crippen LogP contribution in [0.15, 0.2) is 101 Å². The fraction of sp³-hybridized carbons (Fsp3) is 0.154. The summed E-state index contributed by atoms with van der Waals surface area (Å²) >= 11 is 0.265. The third-order valence-electron chi connectivity index (χ3n) is 6.79. The van der Waals surface area contributed by atoms with Gasteiger partial charge in [-0.2, -0.15) is 16.8 Å². The van der Waals surface area contributed by atoms with Gasteiger partial charge >= 0.3 is 0 Å². The van der Waals surface area contributed by atoms with E-state index in [2.05, 4.69) is 43.4 Å². The van der Waals surface area contributed by atoms with E-state index in [-0.39, 0.29) is 40.3 Å². The molecular weight excluding hydrogens is 881 g/mol. The Kier molecular flexibility index (Phi) is 15.2. The first-order valence-corrected chi connectivity index (χ1v) is 21.8. The maximum atomic E-state index is 12.7. The van der Waals surface area contributed by atoms with E-state index in [0.29, 0.717) is 12.1 Å². The lowest BCUT2D eigenvalue weighted by molar-refractivity contribution is -0.434. The van der Waals surface area contributed by atoms with Gasteiger partial charge in [0.05, 0.1) is 34.5 Å². The van der Waals surface area contributed by atoms with Crippen LogP contribution in [0.2, 0.25) is 0 Å². The lowest BCUT2D eigenvalue weighted by atomic mass is 10.1. The van der Waals surface area contributed by atoms with Crippen molar-refractivity contribution >= 4 is 98.1 Å². The fourth-order valence-electron chi connectivity index (χ4n) is 4.37. The van der Waals surface area contributed by atoms with Crippen LogP contribution in [0.5, 0.6) is 11.5 Å². The van der Waals surface area contributed by atoms with E-state index in [1.165, 1.54) is 6.07 Å². The third-order valence-corrected chi connectivity index (χ3v) is 12.7. The molecule has 0 radical (unpaired) electrons.